The van der Waals surface area contributed by atoms with Gasteiger partial charge in [-0.2, -0.15) is 0 Å². The van der Waals surface area contributed by atoms with Crippen LogP contribution in [0.1, 0.15) is 13.3 Å². The normalized spacial score (nSPS) is 12.5. The first-order valence-electron chi connectivity index (χ1n) is 6.33. The summed E-state index contributed by atoms with van der Waals surface area (Å²) in [5.74, 6) is 2.38. The van der Waals surface area contributed by atoms with Crippen molar-refractivity contribution >= 4 is 5.82 Å². The summed E-state index contributed by atoms with van der Waals surface area (Å²) in [4.78, 5) is 8.49. The summed E-state index contributed by atoms with van der Waals surface area (Å²) < 4.78 is 10.7. The van der Waals surface area contributed by atoms with Crippen LogP contribution in [0.4, 0.5) is 5.82 Å². The van der Waals surface area contributed by atoms with Crippen LogP contribution in [0.5, 0.6) is 11.5 Å². The van der Waals surface area contributed by atoms with E-state index in [0.29, 0.717) is 0 Å². The van der Waals surface area contributed by atoms with Crippen molar-refractivity contribution in [2.24, 2.45) is 0 Å². The van der Waals surface area contributed by atoms with Crippen molar-refractivity contribution in [3.63, 3.8) is 0 Å². The molecule has 1 N–H and O–H groups in total. The molecule has 0 bridgehead atoms. The molecule has 5 heteroatoms. The standard InChI is InChI=1S/C14H15N3O2/c1-2-5-15-14-7-11(16-8-17-14)10-3-4-12-13(6-10)19-9-18-12/h3-4,6-8H,2,5,9H2,1H3,(H,15,16,17). The Labute approximate surface area is 111 Å². The molecule has 3 rings (SSSR count). The van der Waals surface area contributed by atoms with Crippen LogP contribution in [0, 0.1) is 0 Å². The van der Waals surface area contributed by atoms with Gasteiger partial charge >= 0.3 is 0 Å². The van der Waals surface area contributed by atoms with Gasteiger partial charge in [-0.25, -0.2) is 9.97 Å². The Bertz CT molecular complexity index is 587. The minimum atomic E-state index is 0.284. The van der Waals surface area contributed by atoms with E-state index in [4.69, 9.17) is 9.47 Å². The molecule has 1 aliphatic heterocycles. The molecular formula is C14H15N3O2. The van der Waals surface area contributed by atoms with Gasteiger partial charge in [-0.15, -0.1) is 0 Å². The van der Waals surface area contributed by atoms with E-state index in [0.717, 1.165) is 41.5 Å². The Hall–Kier alpha value is -2.30. The van der Waals surface area contributed by atoms with Gasteiger partial charge in [0.25, 0.3) is 0 Å². The van der Waals surface area contributed by atoms with Gasteiger partial charge in [-0.1, -0.05) is 6.92 Å². The third-order valence-corrected chi connectivity index (χ3v) is 2.89. The molecule has 2 aromatic rings. The second-order valence-corrected chi connectivity index (χ2v) is 4.28. The highest BCUT2D eigenvalue weighted by Crippen LogP contribution is 2.35. The molecule has 0 saturated heterocycles. The van der Waals surface area contributed by atoms with Crippen LogP contribution in [-0.2, 0) is 0 Å². The number of fused-ring (bicyclic) bond motifs is 1. The Kier molecular flexibility index (Phi) is 3.18. The summed E-state index contributed by atoms with van der Waals surface area (Å²) in [7, 11) is 0. The maximum Gasteiger partial charge on any atom is 0.231 e. The van der Waals surface area contributed by atoms with Gasteiger partial charge in [-0.3, -0.25) is 0 Å². The van der Waals surface area contributed by atoms with Crippen LogP contribution in [0.25, 0.3) is 11.3 Å². The number of benzene rings is 1. The van der Waals surface area contributed by atoms with Crippen molar-refractivity contribution in [3.05, 3.63) is 30.6 Å². The molecule has 1 aromatic carbocycles. The number of hydrogen-bond donors (Lipinski definition) is 1. The van der Waals surface area contributed by atoms with E-state index in [1.807, 2.05) is 24.3 Å². The second-order valence-electron chi connectivity index (χ2n) is 4.28. The monoisotopic (exact) mass is 257 g/mol. The minimum Gasteiger partial charge on any atom is -0.454 e. The fourth-order valence-electron chi connectivity index (χ4n) is 1.92. The molecule has 1 aliphatic rings. The van der Waals surface area contributed by atoms with Crippen molar-refractivity contribution in [1.82, 2.24) is 9.97 Å². The molecule has 0 radical (unpaired) electrons. The molecule has 1 aromatic heterocycles. The lowest BCUT2D eigenvalue weighted by Crippen LogP contribution is -2.02. The first-order chi connectivity index (χ1) is 9.36. The summed E-state index contributed by atoms with van der Waals surface area (Å²) in [5, 5.41) is 3.25. The predicted octanol–water partition coefficient (Wildman–Crippen LogP) is 2.69. The smallest absolute Gasteiger partial charge is 0.231 e. The molecule has 0 spiro atoms. The number of aromatic nitrogens is 2. The SMILES string of the molecule is CCCNc1cc(-c2ccc3c(c2)OCO3)ncn1. The molecule has 0 saturated carbocycles. The summed E-state index contributed by atoms with van der Waals surface area (Å²) >= 11 is 0. The van der Waals surface area contributed by atoms with Crippen molar-refractivity contribution in [1.29, 1.82) is 0 Å². The number of nitrogens with one attached hydrogen (secondary N) is 1. The highest BCUT2D eigenvalue weighted by atomic mass is 16.7. The van der Waals surface area contributed by atoms with Crippen LogP contribution < -0.4 is 14.8 Å². The molecule has 98 valence electrons. The minimum absolute atomic E-state index is 0.284. The van der Waals surface area contributed by atoms with Crippen molar-refractivity contribution in [2.45, 2.75) is 13.3 Å². The van der Waals surface area contributed by atoms with E-state index in [1.54, 1.807) is 6.33 Å². The topological polar surface area (TPSA) is 56.3 Å². The molecule has 0 aliphatic carbocycles. The van der Waals surface area contributed by atoms with E-state index in [-0.39, 0.29) is 6.79 Å². The molecule has 2 heterocycles. The van der Waals surface area contributed by atoms with Gasteiger partial charge < -0.3 is 14.8 Å². The van der Waals surface area contributed by atoms with Crippen LogP contribution >= 0.6 is 0 Å². The molecule has 0 amide bonds. The number of anilines is 1. The third-order valence-electron chi connectivity index (χ3n) is 2.89. The average molecular weight is 257 g/mol. The lowest BCUT2D eigenvalue weighted by molar-refractivity contribution is 0.174. The van der Waals surface area contributed by atoms with E-state index < -0.39 is 0 Å². The predicted molar refractivity (Wildman–Crippen MR) is 72.4 cm³/mol. The van der Waals surface area contributed by atoms with Crippen LogP contribution in [-0.4, -0.2) is 23.3 Å². The Morgan fingerprint density at radius 1 is 1.16 bits per heavy atom. The lowest BCUT2D eigenvalue weighted by Gasteiger charge is -2.06. The molecule has 0 atom stereocenters. The van der Waals surface area contributed by atoms with Crippen LogP contribution in [0.3, 0.4) is 0 Å². The number of hydrogen-bond acceptors (Lipinski definition) is 5. The fraction of sp³-hybridized carbons (Fsp3) is 0.286. The largest absolute Gasteiger partial charge is 0.454 e. The summed E-state index contributed by atoms with van der Waals surface area (Å²) in [5.41, 5.74) is 1.86. The molecular weight excluding hydrogens is 242 g/mol. The Balaban J connectivity index is 1.89. The maximum absolute atomic E-state index is 5.37. The van der Waals surface area contributed by atoms with Gasteiger partial charge in [0.15, 0.2) is 11.5 Å². The molecule has 0 unspecified atom stereocenters. The zero-order valence-corrected chi connectivity index (χ0v) is 10.7. The first kappa shape index (κ1) is 11.8. The highest BCUT2D eigenvalue weighted by molar-refractivity contribution is 5.66. The first-order valence-corrected chi connectivity index (χ1v) is 6.33. The van der Waals surface area contributed by atoms with E-state index in [2.05, 4.69) is 22.2 Å². The fourth-order valence-corrected chi connectivity index (χ4v) is 1.92. The van der Waals surface area contributed by atoms with Crippen molar-refractivity contribution in [3.8, 4) is 22.8 Å². The van der Waals surface area contributed by atoms with Gasteiger partial charge in [-0.05, 0) is 24.6 Å². The maximum atomic E-state index is 5.37. The summed E-state index contributed by atoms with van der Waals surface area (Å²) in [6.07, 6.45) is 2.63. The van der Waals surface area contributed by atoms with Crippen LogP contribution in [0.15, 0.2) is 30.6 Å². The number of nitrogens with zero attached hydrogens (tertiary/aromatic N) is 2. The van der Waals surface area contributed by atoms with Gasteiger partial charge in [0.2, 0.25) is 6.79 Å². The third kappa shape index (κ3) is 2.45. The van der Waals surface area contributed by atoms with Gasteiger partial charge in [0, 0.05) is 18.2 Å². The van der Waals surface area contributed by atoms with E-state index in [9.17, 15) is 0 Å². The van der Waals surface area contributed by atoms with Crippen LogP contribution in [0.2, 0.25) is 0 Å². The molecule has 0 fully saturated rings. The average Bonchev–Trinajstić information content (AvgIpc) is 2.92. The highest BCUT2D eigenvalue weighted by Gasteiger charge is 2.14. The van der Waals surface area contributed by atoms with Crippen molar-refractivity contribution in [2.75, 3.05) is 18.7 Å². The summed E-state index contributed by atoms with van der Waals surface area (Å²) in [6, 6.07) is 7.75. The Morgan fingerprint density at radius 2 is 2.05 bits per heavy atom. The van der Waals surface area contributed by atoms with Gasteiger partial charge in [0.1, 0.15) is 12.1 Å². The summed E-state index contributed by atoms with van der Waals surface area (Å²) in [6.45, 7) is 3.30. The zero-order valence-electron chi connectivity index (χ0n) is 10.7. The Morgan fingerprint density at radius 3 is 2.95 bits per heavy atom. The van der Waals surface area contributed by atoms with E-state index >= 15 is 0 Å². The molecule has 19 heavy (non-hydrogen) atoms. The zero-order chi connectivity index (χ0) is 13.1. The molecule has 5 nitrogen and oxygen atoms in total. The lowest BCUT2D eigenvalue weighted by atomic mass is 10.1. The second kappa shape index (κ2) is 5.14. The van der Waals surface area contributed by atoms with E-state index in [1.165, 1.54) is 0 Å². The quantitative estimate of drug-likeness (QED) is 0.912. The van der Waals surface area contributed by atoms with Crippen molar-refractivity contribution < 1.29 is 9.47 Å². The number of rotatable bonds is 4. The van der Waals surface area contributed by atoms with Gasteiger partial charge in [0.05, 0.1) is 5.69 Å². The number of ether oxygens (including phenoxy) is 2.